The number of rotatable bonds is 4. The summed E-state index contributed by atoms with van der Waals surface area (Å²) in [5, 5.41) is 7.17. The van der Waals surface area contributed by atoms with Gasteiger partial charge in [0.1, 0.15) is 5.82 Å². The summed E-state index contributed by atoms with van der Waals surface area (Å²) in [6.45, 7) is 9.10. The maximum atomic E-state index is 12.5. The van der Waals surface area contributed by atoms with Crippen molar-refractivity contribution in [3.8, 4) is 0 Å². The zero-order valence-corrected chi connectivity index (χ0v) is 13.9. The molecule has 0 spiro atoms. The lowest BCUT2D eigenvalue weighted by Crippen LogP contribution is -2.45. The number of nitrogens with zero attached hydrogens (tertiary/aromatic N) is 3. The summed E-state index contributed by atoms with van der Waals surface area (Å²) in [6.07, 6.45) is 3.38. The Morgan fingerprint density at radius 3 is 2.68 bits per heavy atom. The first-order chi connectivity index (χ1) is 10.4. The van der Waals surface area contributed by atoms with Crippen LogP contribution in [0.25, 0.3) is 0 Å². The highest BCUT2D eigenvalue weighted by Gasteiger charge is 2.29. The lowest BCUT2D eigenvalue weighted by Gasteiger charge is -2.33. The molecular weight excluding hydrogens is 280 g/mol. The second-order valence-corrected chi connectivity index (χ2v) is 6.52. The van der Waals surface area contributed by atoms with Crippen LogP contribution < -0.4 is 5.32 Å². The fourth-order valence-corrected chi connectivity index (χ4v) is 2.81. The topological polar surface area (TPSA) is 67.2 Å². The molecule has 122 valence electrons. The van der Waals surface area contributed by atoms with E-state index in [0.29, 0.717) is 12.4 Å². The van der Waals surface area contributed by atoms with Crippen molar-refractivity contribution in [2.75, 3.05) is 18.4 Å². The third kappa shape index (κ3) is 3.67. The largest absolute Gasteiger partial charge is 0.342 e. The molecule has 1 aromatic heterocycles. The highest BCUT2D eigenvalue weighted by Crippen LogP contribution is 2.21. The van der Waals surface area contributed by atoms with Crippen LogP contribution in [0.4, 0.5) is 5.82 Å². The van der Waals surface area contributed by atoms with Crippen molar-refractivity contribution in [3.63, 3.8) is 0 Å². The third-order valence-corrected chi connectivity index (χ3v) is 4.01. The van der Waals surface area contributed by atoms with Gasteiger partial charge in [0.15, 0.2) is 0 Å². The Hall–Kier alpha value is -1.85. The predicted molar refractivity (Wildman–Crippen MR) is 85.4 cm³/mol. The molecule has 2 amide bonds. The van der Waals surface area contributed by atoms with Gasteiger partial charge in [-0.1, -0.05) is 13.8 Å². The van der Waals surface area contributed by atoms with Crippen LogP contribution in [0.2, 0.25) is 0 Å². The van der Waals surface area contributed by atoms with Crippen LogP contribution in [0.5, 0.6) is 0 Å². The number of likely N-dealkylation sites (tertiary alicyclic amines) is 1. The average Bonchev–Trinajstić information content (AvgIpc) is 2.94. The van der Waals surface area contributed by atoms with Crippen molar-refractivity contribution in [1.82, 2.24) is 14.7 Å². The number of hydrogen-bond acceptors (Lipinski definition) is 3. The Morgan fingerprint density at radius 1 is 1.32 bits per heavy atom. The van der Waals surface area contributed by atoms with Crippen LogP contribution in [0.1, 0.15) is 46.6 Å². The first-order valence-electron chi connectivity index (χ1n) is 8.03. The lowest BCUT2D eigenvalue weighted by molar-refractivity contribution is -0.137. The Morgan fingerprint density at radius 2 is 2.05 bits per heavy atom. The fraction of sp³-hybridized carbons (Fsp3) is 0.688. The Kier molecular flexibility index (Phi) is 5.21. The van der Waals surface area contributed by atoms with Crippen molar-refractivity contribution in [3.05, 3.63) is 12.3 Å². The molecule has 2 rings (SSSR count). The van der Waals surface area contributed by atoms with Crippen molar-refractivity contribution in [2.24, 2.45) is 11.8 Å². The minimum absolute atomic E-state index is 0.0239. The number of carbonyl (C=O) groups excluding carboxylic acids is 2. The molecule has 6 nitrogen and oxygen atoms in total. The molecule has 0 bridgehead atoms. The van der Waals surface area contributed by atoms with E-state index >= 15 is 0 Å². The molecule has 1 aromatic rings. The molecule has 1 fully saturated rings. The molecule has 1 aliphatic rings. The van der Waals surface area contributed by atoms with Crippen LogP contribution in [-0.2, 0) is 9.59 Å². The summed E-state index contributed by atoms with van der Waals surface area (Å²) in [7, 11) is 0. The number of nitrogens with one attached hydrogen (secondary N) is 1. The quantitative estimate of drug-likeness (QED) is 0.928. The van der Waals surface area contributed by atoms with Crippen LogP contribution in [0.15, 0.2) is 12.3 Å². The fourth-order valence-electron chi connectivity index (χ4n) is 2.81. The minimum Gasteiger partial charge on any atom is -0.342 e. The standard InChI is InChI=1S/C16H26N4O2/c1-11(2)16(22)19-9-5-6-13(10-19)15(21)18-14-7-8-17-20(14)12(3)4/h7-8,11-13H,5-6,9-10H2,1-4H3,(H,18,21)/t13-/m0/s1. The van der Waals surface area contributed by atoms with E-state index in [9.17, 15) is 9.59 Å². The van der Waals surface area contributed by atoms with E-state index in [1.54, 1.807) is 16.9 Å². The molecule has 0 unspecified atom stereocenters. The monoisotopic (exact) mass is 306 g/mol. The molecule has 1 atom stereocenters. The van der Waals surface area contributed by atoms with Gasteiger partial charge in [-0.25, -0.2) is 4.68 Å². The van der Waals surface area contributed by atoms with E-state index in [2.05, 4.69) is 10.4 Å². The van der Waals surface area contributed by atoms with Crippen molar-refractivity contribution < 1.29 is 9.59 Å². The molecule has 1 aliphatic heterocycles. The van der Waals surface area contributed by atoms with Crippen LogP contribution in [0.3, 0.4) is 0 Å². The molecule has 1 N–H and O–H groups in total. The second kappa shape index (κ2) is 6.94. The van der Waals surface area contributed by atoms with Crippen LogP contribution in [-0.4, -0.2) is 39.6 Å². The molecule has 0 radical (unpaired) electrons. The summed E-state index contributed by atoms with van der Waals surface area (Å²) in [4.78, 5) is 26.4. The first kappa shape index (κ1) is 16.5. The van der Waals surface area contributed by atoms with E-state index in [1.165, 1.54) is 0 Å². The summed E-state index contributed by atoms with van der Waals surface area (Å²) < 4.78 is 1.79. The Balaban J connectivity index is 2.00. The highest BCUT2D eigenvalue weighted by molar-refractivity contribution is 5.92. The van der Waals surface area contributed by atoms with Crippen molar-refractivity contribution in [1.29, 1.82) is 0 Å². The molecule has 0 aromatic carbocycles. The number of piperidine rings is 1. The van der Waals surface area contributed by atoms with Gasteiger partial charge in [0.05, 0.1) is 12.1 Å². The van der Waals surface area contributed by atoms with Gasteiger partial charge < -0.3 is 10.2 Å². The Bertz CT molecular complexity index is 536. The lowest BCUT2D eigenvalue weighted by atomic mass is 9.96. The Labute approximate surface area is 131 Å². The summed E-state index contributed by atoms with van der Waals surface area (Å²) in [5.74, 6) is 0.650. The van der Waals surface area contributed by atoms with Crippen molar-refractivity contribution in [2.45, 2.75) is 46.6 Å². The van der Waals surface area contributed by atoms with Crippen LogP contribution >= 0.6 is 0 Å². The summed E-state index contributed by atoms with van der Waals surface area (Å²) in [5.41, 5.74) is 0. The van der Waals surface area contributed by atoms with Crippen molar-refractivity contribution >= 4 is 17.6 Å². The summed E-state index contributed by atoms with van der Waals surface area (Å²) in [6, 6.07) is 1.99. The van der Waals surface area contributed by atoms with Gasteiger partial charge in [-0.15, -0.1) is 0 Å². The van der Waals surface area contributed by atoms with Gasteiger partial charge in [0.25, 0.3) is 0 Å². The predicted octanol–water partition coefficient (Wildman–Crippen LogP) is 2.30. The zero-order valence-electron chi connectivity index (χ0n) is 13.9. The van der Waals surface area contributed by atoms with E-state index in [0.717, 1.165) is 19.4 Å². The summed E-state index contributed by atoms with van der Waals surface area (Å²) >= 11 is 0. The van der Waals surface area contributed by atoms with E-state index in [1.807, 2.05) is 32.6 Å². The van der Waals surface area contributed by atoms with E-state index < -0.39 is 0 Å². The van der Waals surface area contributed by atoms with Gasteiger partial charge in [0.2, 0.25) is 11.8 Å². The zero-order chi connectivity index (χ0) is 16.3. The number of hydrogen-bond donors (Lipinski definition) is 1. The number of aromatic nitrogens is 2. The second-order valence-electron chi connectivity index (χ2n) is 6.52. The van der Waals surface area contributed by atoms with E-state index in [4.69, 9.17) is 0 Å². The van der Waals surface area contributed by atoms with Gasteiger partial charge in [-0.3, -0.25) is 9.59 Å². The number of carbonyl (C=O) groups is 2. The molecule has 2 heterocycles. The third-order valence-electron chi connectivity index (χ3n) is 4.01. The highest BCUT2D eigenvalue weighted by atomic mass is 16.2. The van der Waals surface area contributed by atoms with Gasteiger partial charge in [-0.05, 0) is 26.7 Å². The number of amides is 2. The molecule has 0 aliphatic carbocycles. The molecule has 1 saturated heterocycles. The molecule has 6 heteroatoms. The molecular formula is C16H26N4O2. The average molecular weight is 306 g/mol. The molecule has 0 saturated carbocycles. The minimum atomic E-state index is -0.146. The first-order valence-corrected chi connectivity index (χ1v) is 8.03. The van der Waals surface area contributed by atoms with Gasteiger partial charge in [-0.2, -0.15) is 5.10 Å². The SMILES string of the molecule is CC(C)C(=O)N1CCC[C@H](C(=O)Nc2ccnn2C(C)C)C1. The van der Waals surface area contributed by atoms with Gasteiger partial charge >= 0.3 is 0 Å². The van der Waals surface area contributed by atoms with E-state index in [-0.39, 0.29) is 29.7 Å². The normalized spacial score (nSPS) is 18.8. The molecule has 22 heavy (non-hydrogen) atoms. The maximum Gasteiger partial charge on any atom is 0.230 e. The van der Waals surface area contributed by atoms with Crippen LogP contribution in [0, 0.1) is 11.8 Å². The number of anilines is 1. The van der Waals surface area contributed by atoms with Gasteiger partial charge in [0, 0.05) is 31.1 Å². The smallest absolute Gasteiger partial charge is 0.230 e. The maximum absolute atomic E-state index is 12.5.